The van der Waals surface area contributed by atoms with Crippen LogP contribution in [0, 0.1) is 4.77 Å². The van der Waals surface area contributed by atoms with Crippen molar-refractivity contribution in [1.82, 2.24) is 31.7 Å². The lowest BCUT2D eigenvalue weighted by Crippen LogP contribution is -2.30. The summed E-state index contributed by atoms with van der Waals surface area (Å²) in [7, 11) is 4.94. The summed E-state index contributed by atoms with van der Waals surface area (Å²) in [5.41, 5.74) is 7.17. The molecule has 0 saturated carbocycles. The number of phenols is 6. The van der Waals surface area contributed by atoms with Gasteiger partial charge in [0, 0.05) is 63.0 Å². The second-order valence-corrected chi connectivity index (χ2v) is 20.1. The summed E-state index contributed by atoms with van der Waals surface area (Å²) in [5, 5.41) is 77.3. The number of nitrogens with two attached hydrogens (primary N) is 1. The van der Waals surface area contributed by atoms with Crippen LogP contribution in [-0.2, 0) is 25.7 Å². The molecule has 19 nitrogen and oxygen atoms in total. The largest absolute Gasteiger partial charge is 0.508 e. The summed E-state index contributed by atoms with van der Waals surface area (Å²) in [4.78, 5) is 28.3. The fourth-order valence-electron chi connectivity index (χ4n) is 9.46. The van der Waals surface area contributed by atoms with Crippen molar-refractivity contribution < 1.29 is 54.4 Å². The first-order valence-electron chi connectivity index (χ1n) is 26.8. The quantitative estimate of drug-likeness (QED) is 0.0113. The van der Waals surface area contributed by atoms with Crippen molar-refractivity contribution in [2.75, 3.05) is 27.9 Å². The van der Waals surface area contributed by atoms with Crippen LogP contribution in [0.25, 0.3) is 49.4 Å². The van der Waals surface area contributed by atoms with Crippen LogP contribution in [0.1, 0.15) is 71.2 Å². The fourth-order valence-corrected chi connectivity index (χ4v) is 10.0. The van der Waals surface area contributed by atoms with E-state index < -0.39 is 11.8 Å². The van der Waals surface area contributed by atoms with E-state index in [4.69, 9.17) is 44.5 Å². The van der Waals surface area contributed by atoms with E-state index in [1.807, 2.05) is 135 Å². The molecule has 0 aliphatic carbocycles. The van der Waals surface area contributed by atoms with Crippen molar-refractivity contribution in [2.45, 2.75) is 53.9 Å². The molecular formula is C66H73N8O11PS3. The topological polar surface area (TPSA) is 314 Å². The number of nitrogens with one attached hydrogen (secondary N) is 3. The molecule has 1 unspecified atom stereocenters. The Morgan fingerprint density at radius 2 is 1.03 bits per heavy atom. The van der Waals surface area contributed by atoms with Gasteiger partial charge in [-0.15, -0.1) is 0 Å². The Balaban J connectivity index is 0.000000263. The third-order valence-electron chi connectivity index (χ3n) is 13.9. The molecule has 0 radical (unpaired) electrons. The minimum Gasteiger partial charge on any atom is -0.508 e. The molecule has 0 aliphatic heterocycles. The molecule has 10 rings (SSSR count). The maximum absolute atomic E-state index is 12.5. The summed E-state index contributed by atoms with van der Waals surface area (Å²) >= 11 is 15.6. The first-order valence-corrected chi connectivity index (χ1v) is 28.1. The number of nitrogens with zero attached hydrogens (tertiary/aromatic N) is 3. The zero-order valence-corrected chi connectivity index (χ0v) is 53.0. The lowest BCUT2D eigenvalue weighted by molar-refractivity contribution is 0.0944. The van der Waals surface area contributed by atoms with Crippen LogP contribution in [-0.4, -0.2) is 95.1 Å². The van der Waals surface area contributed by atoms with E-state index in [-0.39, 0.29) is 75.6 Å². The SMILES string of the molecule is C.CCc1cc(-c2n[nH]c(=S)n2-c2ccc(OC)c3ccccc23)c(O)cc1O.CCc1cc(C(=O)NCC(=S)Cc2ccc(OC)c3ccccc23)c(O)cc1O.CCc1cc(C(=O)NN)c(O)cc1O.COc1ccc(N=C=S)c2ccccc12.N.P. The molecule has 0 bridgehead atoms. The number of carbonyl (C=O) groups is 2. The molecule has 0 saturated heterocycles. The number of hydrogen-bond donors (Lipinski definition) is 11. The predicted molar refractivity (Wildman–Crippen MR) is 368 cm³/mol. The van der Waals surface area contributed by atoms with E-state index in [0.717, 1.165) is 72.6 Å². The van der Waals surface area contributed by atoms with Crippen LogP contribution in [0.3, 0.4) is 0 Å². The van der Waals surface area contributed by atoms with Gasteiger partial charge in [0.05, 0.1) is 54.6 Å². The Morgan fingerprint density at radius 3 is 1.54 bits per heavy atom. The highest BCUT2D eigenvalue weighted by Crippen LogP contribution is 2.39. The third-order valence-corrected chi connectivity index (χ3v) is 14.5. The van der Waals surface area contributed by atoms with Crippen molar-refractivity contribution in [3.05, 3.63) is 184 Å². The molecule has 1 atom stereocenters. The Hall–Kier alpha value is -9.50. The number of hydrogen-bond acceptors (Lipinski definition) is 18. The Morgan fingerprint density at radius 1 is 0.596 bits per heavy atom. The van der Waals surface area contributed by atoms with Gasteiger partial charge in [-0.1, -0.05) is 119 Å². The second-order valence-electron chi connectivity index (χ2n) is 19.0. The van der Waals surface area contributed by atoms with Gasteiger partial charge in [0.15, 0.2) is 10.6 Å². The van der Waals surface area contributed by atoms with Crippen molar-refractivity contribution in [3.63, 3.8) is 0 Å². The number of aromatic nitrogens is 3. The van der Waals surface area contributed by atoms with E-state index in [1.54, 1.807) is 32.0 Å². The first kappa shape index (κ1) is 72.0. The number of rotatable bonds is 15. The average Bonchev–Trinajstić information content (AvgIpc) is 1.85. The molecule has 89 heavy (non-hydrogen) atoms. The molecule has 9 aromatic carbocycles. The Labute approximate surface area is 534 Å². The van der Waals surface area contributed by atoms with Gasteiger partial charge in [0.2, 0.25) is 0 Å². The van der Waals surface area contributed by atoms with E-state index in [0.29, 0.717) is 63.4 Å². The van der Waals surface area contributed by atoms with Gasteiger partial charge in [-0.3, -0.25) is 24.7 Å². The molecule has 0 fully saturated rings. The fraction of sp³-hybridized carbons (Fsp3) is 0.182. The highest BCUT2D eigenvalue weighted by molar-refractivity contribution is 7.80. The number of aliphatic imine (C=N–C) groups is 1. The molecule has 466 valence electrons. The number of phenolic OH excluding ortho intramolecular Hbond substituents is 6. The Bertz CT molecular complexity index is 4270. The summed E-state index contributed by atoms with van der Waals surface area (Å²) in [6, 6.07) is 43.5. The monoisotopic (exact) mass is 1280 g/mol. The molecule has 0 aliphatic rings. The summed E-state index contributed by atoms with van der Waals surface area (Å²) in [6.07, 6.45) is 2.27. The summed E-state index contributed by atoms with van der Waals surface area (Å²) in [6.45, 7) is 5.83. The van der Waals surface area contributed by atoms with E-state index in [1.165, 1.54) is 24.3 Å². The zero-order valence-electron chi connectivity index (χ0n) is 49.2. The number of fused-ring (bicyclic) bond motifs is 3. The van der Waals surface area contributed by atoms with Crippen LogP contribution >= 0.6 is 46.6 Å². The highest BCUT2D eigenvalue weighted by atomic mass is 32.1. The minimum absolute atomic E-state index is 0. The number of aromatic amines is 1. The van der Waals surface area contributed by atoms with E-state index >= 15 is 0 Å². The van der Waals surface area contributed by atoms with Crippen LogP contribution in [0.2, 0.25) is 0 Å². The number of H-pyrrole nitrogens is 1. The van der Waals surface area contributed by atoms with Gasteiger partial charge < -0.3 is 56.3 Å². The molecule has 23 heteroatoms. The number of benzene rings is 9. The third kappa shape index (κ3) is 16.8. The van der Waals surface area contributed by atoms with Gasteiger partial charge in [-0.25, -0.2) is 5.84 Å². The average molecular weight is 1280 g/mol. The van der Waals surface area contributed by atoms with Gasteiger partial charge in [0.25, 0.3) is 11.8 Å². The van der Waals surface area contributed by atoms with Gasteiger partial charge in [0.1, 0.15) is 51.7 Å². The number of carbonyl (C=O) groups excluding carboxylic acids is 2. The number of aromatic hydroxyl groups is 6. The van der Waals surface area contributed by atoms with Gasteiger partial charge in [-0.05, 0) is 120 Å². The normalized spacial score (nSPS) is 10.1. The number of aryl methyl sites for hydroxylation is 3. The molecular weight excluding hydrogens is 1210 g/mol. The summed E-state index contributed by atoms with van der Waals surface area (Å²) < 4.78 is 18.4. The van der Waals surface area contributed by atoms with Gasteiger partial charge >= 0.3 is 0 Å². The predicted octanol–water partition coefficient (Wildman–Crippen LogP) is 13.6. The van der Waals surface area contributed by atoms with Crippen molar-refractivity contribution >= 4 is 106 Å². The van der Waals surface area contributed by atoms with E-state index in [9.17, 15) is 40.2 Å². The van der Waals surface area contributed by atoms with Crippen molar-refractivity contribution in [1.29, 1.82) is 0 Å². The lowest BCUT2D eigenvalue weighted by Gasteiger charge is -2.14. The molecule has 14 N–H and O–H groups in total. The first-order chi connectivity index (χ1) is 41.4. The van der Waals surface area contributed by atoms with Crippen molar-refractivity contribution in [3.8, 4) is 68.8 Å². The number of thiocarbonyl (C=S) groups is 2. The van der Waals surface area contributed by atoms with Crippen LogP contribution in [0.15, 0.2) is 151 Å². The smallest absolute Gasteiger partial charge is 0.268 e. The molecule has 1 heterocycles. The number of ether oxygens (including phenoxy) is 3. The second kappa shape index (κ2) is 33.6. The number of isothiocyanates is 1. The minimum atomic E-state index is -0.586. The number of nitrogen functional groups attached to an aromatic ring is 1. The molecule has 0 spiro atoms. The standard InChI is InChI=1S/C23H23NO4S.C21H19N3O3S.C12H9NOS.C9H12N2O3.CH4.H3N.H3P/c1-3-14-11-19(21(26)12-20(14)25)23(27)24-13-16(29)10-15-8-9-22(28-2)18-7-5-4-6-17(15)18;1-3-12-10-15(18(26)11-17(12)25)20-22-23-21(28)24(20)16-8-9-19(27-2)14-7-5-4-6-13(14)16;1-14-12-7-6-11(13-8-15)9-4-2-3-5-10(9)12;1-2-5-3-6(9(14)11-10)8(13)4-7(5)12;;;/h4-9,11-12,25-26H,3,10,13H2,1-2H3,(H,24,27);4-11,25-26H,3H2,1-2H3,(H,23,28);2-7H,1H3;3-4,12-13H,2,10H2,1H3,(H,11,14);1H4;2*1H3. The maximum atomic E-state index is 12.5. The number of methoxy groups -OCH3 is 3. The number of hydrazine groups is 1. The van der Waals surface area contributed by atoms with Crippen molar-refractivity contribution in [2.24, 2.45) is 10.8 Å². The van der Waals surface area contributed by atoms with Crippen LogP contribution < -0.4 is 36.9 Å². The van der Waals surface area contributed by atoms with E-state index in [2.05, 4.69) is 37.9 Å². The number of amides is 2. The molecule has 1 aromatic heterocycles. The molecule has 10 aromatic rings. The highest BCUT2D eigenvalue weighted by Gasteiger charge is 2.21. The summed E-state index contributed by atoms with van der Waals surface area (Å²) in [5.74, 6) is 6.17. The van der Waals surface area contributed by atoms with Crippen LogP contribution in [0.5, 0.6) is 51.7 Å². The van der Waals surface area contributed by atoms with Crippen LogP contribution in [0.4, 0.5) is 5.69 Å². The molecule has 2 amide bonds. The van der Waals surface area contributed by atoms with Gasteiger partial charge in [-0.2, -0.15) is 20.0 Å². The lowest BCUT2D eigenvalue weighted by atomic mass is 10.00. The zero-order chi connectivity index (χ0) is 62.2. The maximum Gasteiger partial charge on any atom is 0.268 e. The Kier molecular flexibility index (Phi) is 27.2.